The Hall–Kier alpha value is -0.160. The van der Waals surface area contributed by atoms with E-state index >= 15 is 0 Å². The van der Waals surface area contributed by atoms with Crippen LogP contribution in [0.25, 0.3) is 0 Å². The van der Waals surface area contributed by atoms with E-state index in [9.17, 15) is 0 Å². The summed E-state index contributed by atoms with van der Waals surface area (Å²) in [6.45, 7) is 0.960. The molecule has 0 aromatic heterocycles. The summed E-state index contributed by atoms with van der Waals surface area (Å²) in [5, 5.41) is 1.67. The average molecular weight is 198 g/mol. The van der Waals surface area contributed by atoms with Crippen LogP contribution in [0, 0.1) is 5.92 Å². The number of rotatable bonds is 1. The van der Waals surface area contributed by atoms with Crippen LogP contribution in [0.5, 0.6) is 0 Å². The first-order valence-corrected chi connectivity index (χ1v) is 5.81. The standard InChI is InChI=1S/C10H22N4/c11-10(7-4-8-13-14(10)12)9-5-2-1-3-6-9/h9,13H,1-8,11-12H2. The fourth-order valence-corrected chi connectivity index (χ4v) is 2.84. The second-order valence-electron chi connectivity index (χ2n) is 4.71. The molecule has 4 nitrogen and oxygen atoms in total. The van der Waals surface area contributed by atoms with Gasteiger partial charge in [0.05, 0.1) is 0 Å². The molecule has 2 aliphatic rings. The first kappa shape index (κ1) is 10.4. The Kier molecular flexibility index (Phi) is 3.07. The maximum atomic E-state index is 6.42. The molecule has 4 heteroatoms. The fraction of sp³-hybridized carbons (Fsp3) is 1.00. The van der Waals surface area contributed by atoms with Gasteiger partial charge in [-0.1, -0.05) is 19.3 Å². The molecule has 0 amide bonds. The molecule has 82 valence electrons. The molecule has 2 rings (SSSR count). The van der Waals surface area contributed by atoms with Gasteiger partial charge in [-0.2, -0.15) is 5.12 Å². The Morgan fingerprint density at radius 2 is 1.86 bits per heavy atom. The van der Waals surface area contributed by atoms with Crippen LogP contribution in [0.4, 0.5) is 0 Å². The van der Waals surface area contributed by atoms with Gasteiger partial charge in [0.25, 0.3) is 0 Å². The summed E-state index contributed by atoms with van der Waals surface area (Å²) in [6.07, 6.45) is 8.65. The molecule has 5 N–H and O–H groups in total. The summed E-state index contributed by atoms with van der Waals surface area (Å²) in [5.41, 5.74) is 9.28. The Morgan fingerprint density at radius 3 is 2.50 bits per heavy atom. The van der Waals surface area contributed by atoms with Gasteiger partial charge in [-0.05, 0) is 31.6 Å². The zero-order valence-electron chi connectivity index (χ0n) is 8.84. The van der Waals surface area contributed by atoms with Crippen LogP contribution in [0.2, 0.25) is 0 Å². The third kappa shape index (κ3) is 1.80. The van der Waals surface area contributed by atoms with E-state index in [1.165, 1.54) is 32.1 Å². The van der Waals surface area contributed by atoms with Crippen molar-refractivity contribution in [2.24, 2.45) is 17.5 Å². The van der Waals surface area contributed by atoms with Gasteiger partial charge < -0.3 is 5.73 Å². The highest BCUT2D eigenvalue weighted by atomic mass is 15.7. The van der Waals surface area contributed by atoms with Crippen LogP contribution in [-0.4, -0.2) is 17.3 Å². The topological polar surface area (TPSA) is 67.3 Å². The molecule has 1 saturated carbocycles. The zero-order chi connectivity index (χ0) is 10.0. The third-order valence-electron chi connectivity index (χ3n) is 3.80. The van der Waals surface area contributed by atoms with Gasteiger partial charge in [-0.15, -0.1) is 0 Å². The van der Waals surface area contributed by atoms with E-state index in [0.29, 0.717) is 5.92 Å². The van der Waals surface area contributed by atoms with Gasteiger partial charge in [-0.25, -0.2) is 5.43 Å². The van der Waals surface area contributed by atoms with Crippen LogP contribution in [-0.2, 0) is 0 Å². The van der Waals surface area contributed by atoms with Crippen molar-refractivity contribution in [3.63, 3.8) is 0 Å². The predicted octanol–water partition coefficient (Wildman–Crippen LogP) is 0.696. The van der Waals surface area contributed by atoms with Crippen molar-refractivity contribution < 1.29 is 0 Å². The molecule has 0 spiro atoms. The van der Waals surface area contributed by atoms with Crippen molar-refractivity contribution in [1.29, 1.82) is 0 Å². The lowest BCUT2D eigenvalue weighted by atomic mass is 9.77. The van der Waals surface area contributed by atoms with E-state index in [2.05, 4.69) is 5.43 Å². The molecule has 14 heavy (non-hydrogen) atoms. The van der Waals surface area contributed by atoms with Crippen molar-refractivity contribution in [3.8, 4) is 0 Å². The summed E-state index contributed by atoms with van der Waals surface area (Å²) in [4.78, 5) is 0. The molecule has 1 unspecified atom stereocenters. The quantitative estimate of drug-likeness (QED) is 0.542. The molecule has 0 bridgehead atoms. The van der Waals surface area contributed by atoms with Crippen LogP contribution < -0.4 is 17.0 Å². The monoisotopic (exact) mass is 198 g/mol. The smallest absolute Gasteiger partial charge is 0.100 e. The number of hydrogen-bond acceptors (Lipinski definition) is 4. The minimum absolute atomic E-state index is 0.293. The SMILES string of the molecule is NN1NCCCC1(N)C1CCCCC1. The fourth-order valence-electron chi connectivity index (χ4n) is 2.84. The summed E-state index contributed by atoms with van der Waals surface area (Å²) in [7, 11) is 0. The maximum absolute atomic E-state index is 6.42. The molecule has 1 heterocycles. The molecule has 0 radical (unpaired) electrons. The number of hydrazine groups is 2. The van der Waals surface area contributed by atoms with Crippen molar-refractivity contribution >= 4 is 0 Å². The first-order valence-electron chi connectivity index (χ1n) is 5.81. The minimum Gasteiger partial charge on any atom is -0.311 e. The summed E-state index contributed by atoms with van der Waals surface area (Å²) >= 11 is 0. The highest BCUT2D eigenvalue weighted by molar-refractivity contribution is 4.91. The first-order chi connectivity index (χ1) is 6.73. The zero-order valence-corrected chi connectivity index (χ0v) is 8.84. The van der Waals surface area contributed by atoms with Gasteiger partial charge in [0.15, 0.2) is 0 Å². The summed E-state index contributed by atoms with van der Waals surface area (Å²) in [6, 6.07) is 0. The Bertz CT molecular complexity index is 191. The molecule has 1 atom stereocenters. The largest absolute Gasteiger partial charge is 0.311 e. The van der Waals surface area contributed by atoms with Crippen LogP contribution in [0.15, 0.2) is 0 Å². The normalized spacial score (nSPS) is 37.3. The molecule has 1 aliphatic heterocycles. The van der Waals surface area contributed by atoms with E-state index < -0.39 is 0 Å². The Morgan fingerprint density at radius 1 is 1.14 bits per heavy atom. The molecular formula is C10H22N4. The lowest BCUT2D eigenvalue weighted by Crippen LogP contribution is -2.70. The minimum atomic E-state index is -0.293. The van der Waals surface area contributed by atoms with E-state index in [1.807, 2.05) is 0 Å². The molecule has 1 saturated heterocycles. The molecule has 0 aromatic rings. The summed E-state index contributed by atoms with van der Waals surface area (Å²) in [5.74, 6) is 6.52. The van der Waals surface area contributed by atoms with Gasteiger partial charge in [0, 0.05) is 6.54 Å². The highest BCUT2D eigenvalue weighted by Crippen LogP contribution is 2.35. The molecular weight excluding hydrogens is 176 g/mol. The Balaban J connectivity index is 2.03. The number of nitrogens with zero attached hydrogens (tertiary/aromatic N) is 1. The Labute approximate surface area is 85.9 Å². The van der Waals surface area contributed by atoms with E-state index in [0.717, 1.165) is 19.4 Å². The van der Waals surface area contributed by atoms with Crippen molar-refractivity contribution in [2.75, 3.05) is 6.54 Å². The van der Waals surface area contributed by atoms with Gasteiger partial charge in [-0.3, -0.25) is 5.84 Å². The van der Waals surface area contributed by atoms with Crippen molar-refractivity contribution in [3.05, 3.63) is 0 Å². The lowest BCUT2D eigenvalue weighted by Gasteiger charge is -2.48. The second kappa shape index (κ2) is 4.14. The van der Waals surface area contributed by atoms with Crippen molar-refractivity contribution in [1.82, 2.24) is 10.5 Å². The number of nitrogens with two attached hydrogens (primary N) is 2. The van der Waals surface area contributed by atoms with Crippen LogP contribution in [0.3, 0.4) is 0 Å². The maximum Gasteiger partial charge on any atom is 0.100 e. The summed E-state index contributed by atoms with van der Waals surface area (Å²) < 4.78 is 0. The van der Waals surface area contributed by atoms with Gasteiger partial charge in [0.2, 0.25) is 0 Å². The van der Waals surface area contributed by atoms with E-state index in [4.69, 9.17) is 11.6 Å². The lowest BCUT2D eigenvalue weighted by molar-refractivity contribution is -0.0526. The third-order valence-corrected chi connectivity index (χ3v) is 3.80. The molecule has 1 aliphatic carbocycles. The van der Waals surface area contributed by atoms with Gasteiger partial charge >= 0.3 is 0 Å². The number of nitrogens with one attached hydrogen (secondary N) is 1. The number of hydrogen-bond donors (Lipinski definition) is 3. The van der Waals surface area contributed by atoms with Gasteiger partial charge in [0.1, 0.15) is 5.66 Å². The van der Waals surface area contributed by atoms with E-state index in [1.54, 1.807) is 5.12 Å². The van der Waals surface area contributed by atoms with E-state index in [-0.39, 0.29) is 5.66 Å². The predicted molar refractivity (Wildman–Crippen MR) is 56.8 cm³/mol. The highest BCUT2D eigenvalue weighted by Gasteiger charge is 2.41. The molecule has 2 fully saturated rings. The van der Waals surface area contributed by atoms with Crippen molar-refractivity contribution in [2.45, 2.75) is 50.6 Å². The second-order valence-corrected chi connectivity index (χ2v) is 4.71. The van der Waals surface area contributed by atoms with Crippen LogP contribution in [0.1, 0.15) is 44.9 Å². The van der Waals surface area contributed by atoms with Crippen LogP contribution >= 0.6 is 0 Å². The molecule has 0 aromatic carbocycles. The average Bonchev–Trinajstić information content (AvgIpc) is 2.24.